The fourth-order valence-corrected chi connectivity index (χ4v) is 2.85. The van der Waals surface area contributed by atoms with Gasteiger partial charge in [-0.2, -0.15) is 0 Å². The monoisotopic (exact) mass is 317 g/mol. The van der Waals surface area contributed by atoms with Gasteiger partial charge < -0.3 is 10.2 Å². The standard InChI is InChI=1S/C15H19N5O3/c1-9-8-20(7-6-16-9)14(22)11-5-4-10-12(17-11)18(2)15(23)19(3)13(10)21/h4-5,9,16H,6-8H2,1-3H3. The minimum Gasteiger partial charge on any atom is -0.334 e. The first-order valence-corrected chi connectivity index (χ1v) is 7.49. The van der Waals surface area contributed by atoms with Crippen LogP contribution in [0.2, 0.25) is 0 Å². The van der Waals surface area contributed by atoms with Gasteiger partial charge in [0.1, 0.15) is 11.3 Å². The third-order valence-corrected chi connectivity index (χ3v) is 4.18. The van der Waals surface area contributed by atoms with Gasteiger partial charge in [-0.15, -0.1) is 0 Å². The van der Waals surface area contributed by atoms with Crippen molar-refractivity contribution in [3.05, 3.63) is 38.7 Å². The second-order valence-electron chi connectivity index (χ2n) is 5.88. The lowest BCUT2D eigenvalue weighted by molar-refractivity contribution is 0.0703. The van der Waals surface area contributed by atoms with E-state index in [1.165, 1.54) is 18.7 Å². The van der Waals surface area contributed by atoms with Crippen LogP contribution in [0.25, 0.3) is 11.0 Å². The Bertz CT molecular complexity index is 898. The number of amides is 1. The van der Waals surface area contributed by atoms with Crippen LogP contribution in [0.15, 0.2) is 21.7 Å². The molecular weight excluding hydrogens is 298 g/mol. The maximum Gasteiger partial charge on any atom is 0.332 e. The number of piperazine rings is 1. The van der Waals surface area contributed by atoms with E-state index < -0.39 is 11.2 Å². The SMILES string of the molecule is CC1CN(C(=O)c2ccc3c(=O)n(C)c(=O)n(C)c3n2)CCN1. The molecule has 1 unspecified atom stereocenters. The first-order chi connectivity index (χ1) is 10.9. The Morgan fingerprint density at radius 3 is 2.70 bits per heavy atom. The molecule has 0 bridgehead atoms. The van der Waals surface area contributed by atoms with Crippen molar-refractivity contribution in [2.45, 2.75) is 13.0 Å². The van der Waals surface area contributed by atoms with Crippen LogP contribution < -0.4 is 16.6 Å². The maximum atomic E-state index is 12.6. The number of carbonyl (C=O) groups is 1. The Morgan fingerprint density at radius 1 is 1.26 bits per heavy atom. The minimum atomic E-state index is -0.463. The number of nitrogens with zero attached hydrogens (tertiary/aromatic N) is 4. The zero-order chi connectivity index (χ0) is 16.7. The summed E-state index contributed by atoms with van der Waals surface area (Å²) in [4.78, 5) is 42.8. The molecule has 2 aromatic heterocycles. The van der Waals surface area contributed by atoms with Crippen LogP contribution in [0.5, 0.6) is 0 Å². The molecular formula is C15H19N5O3. The van der Waals surface area contributed by atoms with Crippen LogP contribution in [0.1, 0.15) is 17.4 Å². The quantitative estimate of drug-likeness (QED) is 0.734. The molecule has 122 valence electrons. The smallest absolute Gasteiger partial charge is 0.332 e. The Labute approximate surface area is 132 Å². The molecule has 1 atom stereocenters. The van der Waals surface area contributed by atoms with Crippen molar-refractivity contribution < 1.29 is 4.79 Å². The van der Waals surface area contributed by atoms with Crippen molar-refractivity contribution in [3.8, 4) is 0 Å². The normalized spacial score (nSPS) is 18.4. The summed E-state index contributed by atoms with van der Waals surface area (Å²) in [5.41, 5.74) is -0.400. The van der Waals surface area contributed by atoms with Gasteiger partial charge in [0.15, 0.2) is 0 Å². The van der Waals surface area contributed by atoms with E-state index in [9.17, 15) is 14.4 Å². The molecule has 1 fully saturated rings. The van der Waals surface area contributed by atoms with E-state index in [0.29, 0.717) is 18.5 Å². The molecule has 3 rings (SSSR count). The Balaban J connectivity index is 2.08. The van der Waals surface area contributed by atoms with Gasteiger partial charge in [0, 0.05) is 39.8 Å². The maximum absolute atomic E-state index is 12.6. The van der Waals surface area contributed by atoms with Gasteiger partial charge in [0.25, 0.3) is 11.5 Å². The van der Waals surface area contributed by atoms with E-state index in [1.807, 2.05) is 6.92 Å². The van der Waals surface area contributed by atoms with Crippen LogP contribution in [0.3, 0.4) is 0 Å². The van der Waals surface area contributed by atoms with E-state index in [4.69, 9.17) is 0 Å². The average molecular weight is 317 g/mol. The number of rotatable bonds is 1. The number of hydrogen-bond acceptors (Lipinski definition) is 5. The van der Waals surface area contributed by atoms with Crippen molar-refractivity contribution in [1.82, 2.24) is 24.3 Å². The molecule has 0 spiro atoms. The third kappa shape index (κ3) is 2.55. The molecule has 1 saturated heterocycles. The highest BCUT2D eigenvalue weighted by molar-refractivity contribution is 5.94. The predicted molar refractivity (Wildman–Crippen MR) is 85.6 cm³/mol. The largest absolute Gasteiger partial charge is 0.334 e. The molecule has 0 saturated carbocycles. The van der Waals surface area contributed by atoms with Crippen LogP contribution in [-0.2, 0) is 14.1 Å². The van der Waals surface area contributed by atoms with Gasteiger partial charge in [-0.1, -0.05) is 0 Å². The van der Waals surface area contributed by atoms with E-state index in [2.05, 4.69) is 10.3 Å². The number of nitrogens with one attached hydrogen (secondary N) is 1. The number of carbonyl (C=O) groups excluding carboxylic acids is 1. The lowest BCUT2D eigenvalue weighted by Crippen LogP contribution is -2.51. The Morgan fingerprint density at radius 2 is 2.00 bits per heavy atom. The van der Waals surface area contributed by atoms with Crippen molar-refractivity contribution in [3.63, 3.8) is 0 Å². The lowest BCUT2D eigenvalue weighted by Gasteiger charge is -2.31. The number of aromatic nitrogens is 3. The van der Waals surface area contributed by atoms with Crippen molar-refractivity contribution >= 4 is 16.9 Å². The van der Waals surface area contributed by atoms with Crippen molar-refractivity contribution in [2.75, 3.05) is 19.6 Å². The molecule has 1 N–H and O–H groups in total. The summed E-state index contributed by atoms with van der Waals surface area (Å²) in [6.45, 7) is 3.96. The van der Waals surface area contributed by atoms with E-state index in [-0.39, 0.29) is 23.3 Å². The summed E-state index contributed by atoms with van der Waals surface area (Å²) in [6.07, 6.45) is 0. The lowest BCUT2D eigenvalue weighted by atomic mass is 10.2. The minimum absolute atomic E-state index is 0.187. The molecule has 0 aliphatic carbocycles. The molecule has 1 aliphatic rings. The van der Waals surface area contributed by atoms with Gasteiger partial charge in [-0.3, -0.25) is 18.7 Å². The fraction of sp³-hybridized carbons (Fsp3) is 0.467. The number of fused-ring (bicyclic) bond motifs is 1. The fourth-order valence-electron chi connectivity index (χ4n) is 2.85. The van der Waals surface area contributed by atoms with Crippen molar-refractivity contribution in [2.24, 2.45) is 14.1 Å². The zero-order valence-corrected chi connectivity index (χ0v) is 13.4. The third-order valence-electron chi connectivity index (χ3n) is 4.18. The number of aryl methyl sites for hydroxylation is 1. The predicted octanol–water partition coefficient (Wildman–Crippen LogP) is -0.934. The molecule has 8 heteroatoms. The highest BCUT2D eigenvalue weighted by Crippen LogP contribution is 2.10. The molecule has 23 heavy (non-hydrogen) atoms. The Kier molecular flexibility index (Phi) is 3.77. The molecule has 1 amide bonds. The molecule has 1 aliphatic heterocycles. The molecule has 3 heterocycles. The van der Waals surface area contributed by atoms with Gasteiger partial charge in [0.2, 0.25) is 0 Å². The molecule has 0 aromatic carbocycles. The summed E-state index contributed by atoms with van der Waals surface area (Å²) in [5, 5.41) is 3.59. The van der Waals surface area contributed by atoms with Gasteiger partial charge in [-0.25, -0.2) is 9.78 Å². The summed E-state index contributed by atoms with van der Waals surface area (Å²) < 4.78 is 2.32. The van der Waals surface area contributed by atoms with Gasteiger partial charge in [0.05, 0.1) is 5.39 Å². The number of pyridine rings is 1. The second kappa shape index (κ2) is 5.62. The first-order valence-electron chi connectivity index (χ1n) is 7.49. The summed E-state index contributed by atoms with van der Waals surface area (Å²) >= 11 is 0. The van der Waals surface area contributed by atoms with Crippen LogP contribution >= 0.6 is 0 Å². The number of hydrogen-bond donors (Lipinski definition) is 1. The van der Waals surface area contributed by atoms with Gasteiger partial charge in [-0.05, 0) is 19.1 Å². The summed E-state index contributed by atoms with van der Waals surface area (Å²) in [6, 6.07) is 3.33. The van der Waals surface area contributed by atoms with Crippen LogP contribution in [-0.4, -0.2) is 50.6 Å². The molecule has 0 radical (unpaired) electrons. The molecule has 2 aromatic rings. The van der Waals surface area contributed by atoms with Crippen LogP contribution in [0, 0.1) is 0 Å². The first kappa shape index (κ1) is 15.4. The van der Waals surface area contributed by atoms with E-state index in [1.54, 1.807) is 17.0 Å². The van der Waals surface area contributed by atoms with E-state index in [0.717, 1.165) is 11.1 Å². The van der Waals surface area contributed by atoms with Crippen molar-refractivity contribution in [1.29, 1.82) is 0 Å². The van der Waals surface area contributed by atoms with Crippen LogP contribution in [0.4, 0.5) is 0 Å². The summed E-state index contributed by atoms with van der Waals surface area (Å²) in [5.74, 6) is -0.187. The summed E-state index contributed by atoms with van der Waals surface area (Å²) in [7, 11) is 2.96. The topological polar surface area (TPSA) is 89.2 Å². The van der Waals surface area contributed by atoms with Gasteiger partial charge >= 0.3 is 5.69 Å². The zero-order valence-electron chi connectivity index (χ0n) is 13.4. The Hall–Kier alpha value is -2.48. The molecule has 8 nitrogen and oxygen atoms in total. The average Bonchev–Trinajstić information content (AvgIpc) is 2.57. The highest BCUT2D eigenvalue weighted by Gasteiger charge is 2.23. The second-order valence-corrected chi connectivity index (χ2v) is 5.88. The highest BCUT2D eigenvalue weighted by atomic mass is 16.2. The van der Waals surface area contributed by atoms with E-state index >= 15 is 0 Å².